The van der Waals surface area contributed by atoms with Gasteiger partial charge in [0.05, 0.1) is 20.8 Å². The Bertz CT molecular complexity index is 1010. The molecule has 2 saturated heterocycles. The summed E-state index contributed by atoms with van der Waals surface area (Å²) in [6.07, 6.45) is 5.08. The molecule has 35 heavy (non-hydrogen) atoms. The molecule has 2 aliphatic heterocycles. The van der Waals surface area contributed by atoms with E-state index < -0.39 is 0 Å². The van der Waals surface area contributed by atoms with Crippen LogP contribution in [0.3, 0.4) is 0 Å². The van der Waals surface area contributed by atoms with Gasteiger partial charge in [0, 0.05) is 43.5 Å². The summed E-state index contributed by atoms with van der Waals surface area (Å²) in [6.45, 7) is 2.07. The van der Waals surface area contributed by atoms with Gasteiger partial charge in [0.25, 0.3) is 0 Å². The predicted molar refractivity (Wildman–Crippen MR) is 134 cm³/mol. The van der Waals surface area contributed by atoms with E-state index in [2.05, 4.69) is 5.32 Å². The molecular formula is C28H36N2O5. The van der Waals surface area contributed by atoms with E-state index in [1.54, 1.807) is 14.2 Å². The van der Waals surface area contributed by atoms with Crippen LogP contribution in [-0.2, 0) is 16.0 Å². The number of hydrogen-bond donors (Lipinski definition) is 1. The van der Waals surface area contributed by atoms with E-state index >= 15 is 0 Å². The molecule has 0 aliphatic carbocycles. The van der Waals surface area contributed by atoms with Crippen molar-refractivity contribution >= 4 is 11.8 Å². The summed E-state index contributed by atoms with van der Waals surface area (Å²) in [6, 6.07) is 15.5. The third-order valence-electron chi connectivity index (χ3n) is 7.15. The van der Waals surface area contributed by atoms with Crippen molar-refractivity contribution in [1.82, 2.24) is 10.2 Å². The minimum absolute atomic E-state index is 0.0682. The van der Waals surface area contributed by atoms with Gasteiger partial charge in [-0.2, -0.15) is 0 Å². The quantitative estimate of drug-likeness (QED) is 0.556. The van der Waals surface area contributed by atoms with Crippen LogP contribution < -0.4 is 19.5 Å². The van der Waals surface area contributed by atoms with Gasteiger partial charge in [0.1, 0.15) is 17.2 Å². The first-order valence-corrected chi connectivity index (χ1v) is 12.5. The molecule has 0 radical (unpaired) electrons. The first kappa shape index (κ1) is 24.9. The molecule has 2 aromatic carbocycles. The Labute approximate surface area is 207 Å². The van der Waals surface area contributed by atoms with Crippen LogP contribution in [0.1, 0.15) is 44.1 Å². The second-order valence-electron chi connectivity index (χ2n) is 9.69. The molecule has 0 bridgehead atoms. The first-order chi connectivity index (χ1) is 17.0. The second kappa shape index (κ2) is 11.5. The fourth-order valence-electron chi connectivity index (χ4n) is 5.15. The molecule has 7 heteroatoms. The molecule has 0 spiro atoms. The van der Waals surface area contributed by atoms with E-state index in [0.29, 0.717) is 44.8 Å². The average Bonchev–Trinajstić information content (AvgIpc) is 3.27. The van der Waals surface area contributed by atoms with Gasteiger partial charge in [-0.05, 0) is 61.9 Å². The normalized spacial score (nSPS) is 21.9. The van der Waals surface area contributed by atoms with Crippen LogP contribution in [0.5, 0.6) is 17.2 Å². The van der Waals surface area contributed by atoms with Crippen LogP contribution in [0, 0.1) is 5.92 Å². The number of piperidine rings is 1. The van der Waals surface area contributed by atoms with Crippen molar-refractivity contribution in [1.29, 1.82) is 0 Å². The zero-order valence-corrected chi connectivity index (χ0v) is 20.8. The maximum atomic E-state index is 13.2. The highest BCUT2D eigenvalue weighted by atomic mass is 16.5. The molecule has 0 unspecified atom stereocenters. The zero-order valence-electron chi connectivity index (χ0n) is 20.8. The van der Waals surface area contributed by atoms with Gasteiger partial charge in [-0.25, -0.2) is 0 Å². The van der Waals surface area contributed by atoms with Crippen LogP contribution >= 0.6 is 0 Å². The number of likely N-dealkylation sites (tertiary alicyclic amines) is 1. The van der Waals surface area contributed by atoms with Crippen molar-refractivity contribution in [3.05, 3.63) is 54.1 Å². The van der Waals surface area contributed by atoms with E-state index in [-0.39, 0.29) is 17.4 Å². The Balaban J connectivity index is 1.31. The molecule has 2 fully saturated rings. The number of rotatable bonds is 10. The molecule has 2 heterocycles. The van der Waals surface area contributed by atoms with Gasteiger partial charge in [0.2, 0.25) is 11.8 Å². The number of methoxy groups -OCH3 is 2. The number of benzene rings is 2. The summed E-state index contributed by atoms with van der Waals surface area (Å²) in [5.74, 6) is 2.89. The Morgan fingerprint density at radius 2 is 1.86 bits per heavy atom. The third-order valence-corrected chi connectivity index (χ3v) is 7.15. The lowest BCUT2D eigenvalue weighted by Gasteiger charge is -2.34. The number of ether oxygens (including phenoxy) is 3. The van der Waals surface area contributed by atoms with Crippen LogP contribution in [0.25, 0.3) is 0 Å². The Hall–Kier alpha value is -3.22. The minimum Gasteiger partial charge on any atom is -0.497 e. The second-order valence-corrected chi connectivity index (χ2v) is 9.69. The van der Waals surface area contributed by atoms with Gasteiger partial charge >= 0.3 is 0 Å². The molecular weight excluding hydrogens is 444 g/mol. The fraction of sp³-hybridized carbons (Fsp3) is 0.500. The van der Waals surface area contributed by atoms with Gasteiger partial charge in [-0.3, -0.25) is 9.59 Å². The van der Waals surface area contributed by atoms with E-state index in [9.17, 15) is 9.59 Å². The van der Waals surface area contributed by atoms with Crippen LogP contribution in [0.2, 0.25) is 0 Å². The summed E-state index contributed by atoms with van der Waals surface area (Å²) < 4.78 is 16.5. The Morgan fingerprint density at radius 1 is 1.09 bits per heavy atom. The van der Waals surface area contributed by atoms with Crippen molar-refractivity contribution in [2.75, 3.05) is 33.9 Å². The maximum Gasteiger partial charge on any atom is 0.222 e. The lowest BCUT2D eigenvalue weighted by Crippen LogP contribution is -2.46. The summed E-state index contributed by atoms with van der Waals surface area (Å²) >= 11 is 0. The van der Waals surface area contributed by atoms with Crippen molar-refractivity contribution in [2.45, 2.75) is 50.5 Å². The van der Waals surface area contributed by atoms with Crippen LogP contribution in [0.15, 0.2) is 48.5 Å². The van der Waals surface area contributed by atoms with Gasteiger partial charge in [0.15, 0.2) is 0 Å². The third kappa shape index (κ3) is 6.68. The molecule has 2 atom stereocenters. The monoisotopic (exact) mass is 480 g/mol. The molecule has 2 aromatic rings. The van der Waals surface area contributed by atoms with Crippen LogP contribution in [-0.4, -0.2) is 56.2 Å². The van der Waals surface area contributed by atoms with Crippen molar-refractivity contribution in [3.63, 3.8) is 0 Å². The van der Waals surface area contributed by atoms with E-state index in [1.807, 2.05) is 53.4 Å². The highest BCUT2D eigenvalue weighted by Gasteiger charge is 2.38. The molecule has 1 N–H and O–H groups in total. The molecule has 188 valence electrons. The summed E-state index contributed by atoms with van der Waals surface area (Å²) in [5.41, 5.74) is 0.764. The summed E-state index contributed by atoms with van der Waals surface area (Å²) in [5, 5.41) is 3.19. The number of amides is 2. The largest absolute Gasteiger partial charge is 0.497 e. The lowest BCUT2D eigenvalue weighted by molar-refractivity contribution is -0.134. The maximum absolute atomic E-state index is 13.2. The lowest BCUT2D eigenvalue weighted by atomic mass is 9.84. The fourth-order valence-corrected chi connectivity index (χ4v) is 5.15. The Morgan fingerprint density at radius 3 is 2.57 bits per heavy atom. The van der Waals surface area contributed by atoms with Crippen molar-refractivity contribution in [3.8, 4) is 17.2 Å². The number of carbonyl (C=O) groups excluding carboxylic acids is 2. The van der Waals surface area contributed by atoms with Crippen molar-refractivity contribution < 1.29 is 23.8 Å². The standard InChI is InChI=1S/C28H36N2O5/c1-33-23-10-8-21(9-11-23)18-28(14-12-26(31)29-28)15-13-27(32)30-16-4-5-22(19-30)20-35-25-7-3-6-24(17-25)34-2/h3,6-11,17,22H,4-5,12-16,18-20H2,1-2H3,(H,29,31)/t22-,28-/m1/s1. The van der Waals surface area contributed by atoms with Crippen LogP contribution in [0.4, 0.5) is 0 Å². The highest BCUT2D eigenvalue weighted by Crippen LogP contribution is 2.31. The Kier molecular flexibility index (Phi) is 8.16. The molecule has 0 saturated carbocycles. The topological polar surface area (TPSA) is 77.1 Å². The molecule has 2 aliphatic rings. The molecule has 2 amide bonds. The van der Waals surface area contributed by atoms with E-state index in [0.717, 1.165) is 48.6 Å². The summed E-state index contributed by atoms with van der Waals surface area (Å²) in [7, 11) is 3.29. The average molecular weight is 481 g/mol. The number of carbonyl (C=O) groups is 2. The number of nitrogens with zero attached hydrogens (tertiary/aromatic N) is 1. The summed E-state index contributed by atoms with van der Waals surface area (Å²) in [4.78, 5) is 27.2. The SMILES string of the molecule is COc1ccc(C[C@]2(CCC(=O)N3CCC[C@@H](COc4cccc(OC)c4)C3)CCC(=O)N2)cc1. The van der Waals surface area contributed by atoms with E-state index in [1.165, 1.54) is 0 Å². The predicted octanol–water partition coefficient (Wildman–Crippen LogP) is 3.99. The number of hydrogen-bond acceptors (Lipinski definition) is 5. The highest BCUT2D eigenvalue weighted by molar-refractivity contribution is 5.80. The number of nitrogens with one attached hydrogen (secondary N) is 1. The van der Waals surface area contributed by atoms with Gasteiger partial charge in [-0.1, -0.05) is 18.2 Å². The van der Waals surface area contributed by atoms with Crippen molar-refractivity contribution in [2.24, 2.45) is 5.92 Å². The first-order valence-electron chi connectivity index (χ1n) is 12.5. The smallest absolute Gasteiger partial charge is 0.222 e. The molecule has 7 nitrogen and oxygen atoms in total. The van der Waals surface area contributed by atoms with Gasteiger partial charge < -0.3 is 24.4 Å². The minimum atomic E-state index is -0.369. The van der Waals surface area contributed by atoms with E-state index in [4.69, 9.17) is 14.2 Å². The van der Waals surface area contributed by atoms with Gasteiger partial charge in [-0.15, -0.1) is 0 Å². The zero-order chi connectivity index (χ0) is 24.7. The molecule has 0 aromatic heterocycles. The molecule has 4 rings (SSSR count).